The molecule has 1 spiro atoms. The fourth-order valence-corrected chi connectivity index (χ4v) is 14.0. The molecule has 0 amide bonds. The molecule has 0 bridgehead atoms. The Labute approximate surface area is 465 Å². The van der Waals surface area contributed by atoms with Crippen molar-refractivity contribution in [3.8, 4) is 44.5 Å². The lowest BCUT2D eigenvalue weighted by molar-refractivity contribution is 0.624. The van der Waals surface area contributed by atoms with Gasteiger partial charge in [0, 0.05) is 33.9 Å². The van der Waals surface area contributed by atoms with Gasteiger partial charge in [-0.25, -0.2) is 0 Å². The molecule has 2 aliphatic rings. The van der Waals surface area contributed by atoms with Crippen molar-refractivity contribution >= 4 is 49.8 Å². The maximum atomic E-state index is 6.68. The third kappa shape index (κ3) is 6.79. The van der Waals surface area contributed by atoms with Crippen LogP contribution in [0.15, 0.2) is 314 Å². The summed E-state index contributed by atoms with van der Waals surface area (Å²) < 4.78 is 6.68. The highest BCUT2D eigenvalue weighted by Crippen LogP contribution is 2.66. The normalized spacial score (nSPS) is 13.4. The zero-order valence-electron chi connectivity index (χ0n) is 43.8. The van der Waals surface area contributed by atoms with E-state index in [0.29, 0.717) is 0 Å². The Bertz CT molecular complexity index is 4560. The number of para-hydroxylation sites is 1. The Hall–Kier alpha value is -10.3. The molecule has 13 aromatic carbocycles. The van der Waals surface area contributed by atoms with Gasteiger partial charge in [0.05, 0.1) is 10.8 Å². The lowest BCUT2D eigenvalue weighted by Gasteiger charge is -2.50. The van der Waals surface area contributed by atoms with E-state index < -0.39 is 10.8 Å². The minimum Gasteiger partial charge on any atom is -0.456 e. The van der Waals surface area contributed by atoms with Crippen molar-refractivity contribution in [1.29, 1.82) is 0 Å². The van der Waals surface area contributed by atoms with Crippen LogP contribution in [0.25, 0.3) is 77.2 Å². The number of hydrogen-bond acceptors (Lipinski definition) is 2. The molecule has 0 N–H and O–H groups in total. The van der Waals surface area contributed by atoms with E-state index in [1.165, 1.54) is 99.8 Å². The zero-order valence-corrected chi connectivity index (χ0v) is 43.8. The molecule has 2 heteroatoms. The molecule has 1 heterocycles. The van der Waals surface area contributed by atoms with Crippen LogP contribution in [0, 0.1) is 0 Å². The maximum absolute atomic E-state index is 6.68. The molecule has 0 saturated heterocycles. The number of rotatable bonds is 8. The van der Waals surface area contributed by atoms with Gasteiger partial charge < -0.3 is 9.32 Å². The van der Waals surface area contributed by atoms with Gasteiger partial charge in [-0.3, -0.25) is 0 Å². The smallest absolute Gasteiger partial charge is 0.137 e. The standard InChI is InChI=1S/C78H51NO/c1-5-20-52(21-6-1)56-38-46-70-73(48-56)78(74-49-57(53-22-7-2-8-23-53)39-47-71(74)77(70,58-26-9-3-10-27-58)59-28-11-4-12-29-59)69-34-17-15-31-65(69)66-44-42-61(50-72(66)78)79(62-43-45-68-67-32-16-18-35-75(67)80-76(68)51-62)60-40-36-55(37-41-60)64-33-19-25-54-24-13-14-30-63(54)64/h1-51H. The van der Waals surface area contributed by atoms with Crippen molar-refractivity contribution in [2.45, 2.75) is 10.8 Å². The van der Waals surface area contributed by atoms with Crippen molar-refractivity contribution in [1.82, 2.24) is 0 Å². The quantitative estimate of drug-likeness (QED) is 0.151. The number of furan rings is 1. The Kier molecular flexibility index (Phi) is 10.4. The van der Waals surface area contributed by atoms with Gasteiger partial charge in [0.15, 0.2) is 0 Å². The van der Waals surface area contributed by atoms with E-state index in [1.807, 2.05) is 6.07 Å². The summed E-state index contributed by atoms with van der Waals surface area (Å²) in [5.41, 5.74) is 22.9. The van der Waals surface area contributed by atoms with Gasteiger partial charge in [-0.2, -0.15) is 0 Å². The first-order valence-electron chi connectivity index (χ1n) is 27.7. The molecule has 0 aliphatic heterocycles. The van der Waals surface area contributed by atoms with Crippen molar-refractivity contribution < 1.29 is 4.42 Å². The topological polar surface area (TPSA) is 16.4 Å². The fraction of sp³-hybridized carbons (Fsp3) is 0.0256. The third-order valence-corrected chi connectivity index (χ3v) is 17.4. The van der Waals surface area contributed by atoms with Crippen LogP contribution in [0.2, 0.25) is 0 Å². The summed E-state index contributed by atoms with van der Waals surface area (Å²) >= 11 is 0. The fourth-order valence-electron chi connectivity index (χ4n) is 14.0. The summed E-state index contributed by atoms with van der Waals surface area (Å²) in [5.74, 6) is 0. The minimum atomic E-state index is -0.790. The highest BCUT2D eigenvalue weighted by atomic mass is 16.3. The Balaban J connectivity index is 1.01. The van der Waals surface area contributed by atoms with E-state index in [-0.39, 0.29) is 0 Å². The predicted octanol–water partition coefficient (Wildman–Crippen LogP) is 20.3. The second-order valence-corrected chi connectivity index (χ2v) is 21.4. The lowest BCUT2D eigenvalue weighted by atomic mass is 9.51. The molecule has 0 saturated carbocycles. The SMILES string of the molecule is c1ccc(-c2ccc3c(c2)C2(c4ccccc4-c4ccc(N(c5ccc(-c6cccc7ccccc67)cc5)c5ccc6c(c5)oc5ccccc56)cc42)c2cc(-c4ccccc4)ccc2C3(c2ccccc2)c2ccccc2)cc1. The molecule has 1 aromatic heterocycles. The molecule has 0 fully saturated rings. The molecule has 16 rings (SSSR count). The van der Waals surface area contributed by atoms with E-state index in [2.05, 4.69) is 308 Å². The summed E-state index contributed by atoms with van der Waals surface area (Å²) in [6.45, 7) is 0. The molecule has 0 atom stereocenters. The Morgan fingerprint density at radius 1 is 0.237 bits per heavy atom. The van der Waals surface area contributed by atoms with Crippen LogP contribution in [0.4, 0.5) is 17.1 Å². The largest absolute Gasteiger partial charge is 0.456 e. The number of nitrogens with zero attached hydrogens (tertiary/aromatic N) is 1. The maximum Gasteiger partial charge on any atom is 0.137 e. The number of benzene rings is 13. The molecule has 2 nitrogen and oxygen atoms in total. The molecular weight excluding hydrogens is 967 g/mol. The van der Waals surface area contributed by atoms with Crippen molar-refractivity contribution in [2.24, 2.45) is 0 Å². The Morgan fingerprint density at radius 3 is 1.40 bits per heavy atom. The zero-order chi connectivity index (χ0) is 52.8. The second kappa shape index (κ2) is 18.2. The summed E-state index contributed by atoms with van der Waals surface area (Å²) in [4.78, 5) is 2.43. The second-order valence-electron chi connectivity index (χ2n) is 21.4. The Morgan fingerprint density at radius 2 is 0.725 bits per heavy atom. The van der Waals surface area contributed by atoms with E-state index in [0.717, 1.165) is 39.0 Å². The molecular formula is C78H51NO. The van der Waals surface area contributed by atoms with Gasteiger partial charge in [-0.1, -0.05) is 249 Å². The van der Waals surface area contributed by atoms with Crippen LogP contribution in [0.5, 0.6) is 0 Å². The first-order chi connectivity index (χ1) is 39.7. The van der Waals surface area contributed by atoms with Crippen LogP contribution in [0.1, 0.15) is 44.5 Å². The third-order valence-electron chi connectivity index (χ3n) is 17.4. The van der Waals surface area contributed by atoms with Crippen LogP contribution in [-0.4, -0.2) is 0 Å². The minimum absolute atomic E-state index is 0.696. The highest BCUT2D eigenvalue weighted by molar-refractivity contribution is 6.06. The lowest BCUT2D eigenvalue weighted by Crippen LogP contribution is -2.44. The highest BCUT2D eigenvalue weighted by Gasteiger charge is 2.57. The van der Waals surface area contributed by atoms with E-state index in [1.54, 1.807) is 0 Å². The van der Waals surface area contributed by atoms with E-state index in [9.17, 15) is 0 Å². The van der Waals surface area contributed by atoms with Gasteiger partial charge >= 0.3 is 0 Å². The van der Waals surface area contributed by atoms with Gasteiger partial charge in [0.1, 0.15) is 11.2 Å². The first kappa shape index (κ1) is 45.9. The first-order valence-corrected chi connectivity index (χ1v) is 27.7. The van der Waals surface area contributed by atoms with Crippen molar-refractivity contribution in [2.75, 3.05) is 4.90 Å². The average Bonchev–Trinajstić information content (AvgIpc) is 2.25. The van der Waals surface area contributed by atoms with Crippen LogP contribution < -0.4 is 4.90 Å². The number of fused-ring (bicyclic) bond motifs is 13. The monoisotopic (exact) mass is 1020 g/mol. The summed E-state index contributed by atoms with van der Waals surface area (Å²) in [6.07, 6.45) is 0. The summed E-state index contributed by atoms with van der Waals surface area (Å²) in [5, 5.41) is 4.67. The molecule has 80 heavy (non-hydrogen) atoms. The van der Waals surface area contributed by atoms with Gasteiger partial charge in [-0.15, -0.1) is 0 Å². The average molecular weight is 1020 g/mol. The molecule has 374 valence electrons. The van der Waals surface area contributed by atoms with E-state index in [4.69, 9.17) is 4.42 Å². The summed E-state index contributed by atoms with van der Waals surface area (Å²) in [7, 11) is 0. The molecule has 2 aliphatic carbocycles. The van der Waals surface area contributed by atoms with Gasteiger partial charge in [0.25, 0.3) is 0 Å². The molecule has 0 unspecified atom stereocenters. The van der Waals surface area contributed by atoms with Gasteiger partial charge in [-0.05, 0) is 154 Å². The number of hydrogen-bond donors (Lipinski definition) is 0. The van der Waals surface area contributed by atoms with Crippen LogP contribution >= 0.6 is 0 Å². The van der Waals surface area contributed by atoms with Crippen LogP contribution in [0.3, 0.4) is 0 Å². The van der Waals surface area contributed by atoms with Crippen molar-refractivity contribution in [3.63, 3.8) is 0 Å². The van der Waals surface area contributed by atoms with Gasteiger partial charge in [0.2, 0.25) is 0 Å². The number of anilines is 3. The summed E-state index contributed by atoms with van der Waals surface area (Å²) in [6, 6.07) is 115. The van der Waals surface area contributed by atoms with Crippen molar-refractivity contribution in [3.05, 3.63) is 354 Å². The molecule has 14 aromatic rings. The predicted molar refractivity (Wildman–Crippen MR) is 331 cm³/mol. The van der Waals surface area contributed by atoms with Crippen LogP contribution in [-0.2, 0) is 10.8 Å². The molecule has 0 radical (unpaired) electrons. The van der Waals surface area contributed by atoms with E-state index >= 15 is 0 Å².